The second-order valence-corrected chi connectivity index (χ2v) is 8.33. The van der Waals surface area contributed by atoms with Crippen molar-refractivity contribution in [3.63, 3.8) is 0 Å². The van der Waals surface area contributed by atoms with E-state index in [1.807, 2.05) is 0 Å². The van der Waals surface area contributed by atoms with Crippen LogP contribution >= 0.6 is 11.8 Å². The van der Waals surface area contributed by atoms with Gasteiger partial charge in [-0.15, -0.1) is 11.8 Å². The molecular weight excluding hydrogens is 330 g/mol. The molecule has 0 bridgehead atoms. The van der Waals surface area contributed by atoms with Crippen LogP contribution in [-0.4, -0.2) is 50.0 Å². The number of carboxylic acid groups (broad SMARTS) is 1. The van der Waals surface area contributed by atoms with E-state index in [0.29, 0.717) is 5.69 Å². The molecule has 3 rings (SSSR count). The SMILES string of the molecule is CC1(C)S[C@@H]2[C@H](NC(=O)Cc3ccc(N)cc3)C(=O)N2[C@H]1C(=O)O. The molecule has 2 heterocycles. The molecular formula is C16H19N3O4S. The fourth-order valence-corrected chi connectivity index (χ4v) is 4.82. The molecule has 128 valence electrons. The number of β-lactam (4-membered cyclic amide) rings is 1. The molecule has 2 aliphatic rings. The molecule has 4 N–H and O–H groups in total. The van der Waals surface area contributed by atoms with Gasteiger partial charge in [0, 0.05) is 10.4 Å². The summed E-state index contributed by atoms with van der Waals surface area (Å²) in [7, 11) is 0. The number of benzene rings is 1. The summed E-state index contributed by atoms with van der Waals surface area (Å²) in [6, 6.07) is 5.41. The minimum Gasteiger partial charge on any atom is -0.480 e. The molecule has 0 spiro atoms. The van der Waals surface area contributed by atoms with Crippen LogP contribution in [-0.2, 0) is 20.8 Å². The van der Waals surface area contributed by atoms with Crippen LogP contribution < -0.4 is 11.1 Å². The molecule has 2 amide bonds. The van der Waals surface area contributed by atoms with Crippen LogP contribution in [0.3, 0.4) is 0 Å². The lowest BCUT2D eigenvalue weighted by Gasteiger charge is -2.43. The minimum atomic E-state index is -1.02. The van der Waals surface area contributed by atoms with Gasteiger partial charge in [-0.3, -0.25) is 9.59 Å². The first kappa shape index (κ1) is 16.6. The molecule has 0 aromatic heterocycles. The monoisotopic (exact) mass is 349 g/mol. The molecule has 0 radical (unpaired) electrons. The van der Waals surface area contributed by atoms with E-state index in [2.05, 4.69) is 5.32 Å². The van der Waals surface area contributed by atoms with Gasteiger partial charge >= 0.3 is 5.97 Å². The fourth-order valence-electron chi connectivity index (χ4n) is 3.19. The smallest absolute Gasteiger partial charge is 0.327 e. The molecule has 24 heavy (non-hydrogen) atoms. The molecule has 8 heteroatoms. The number of hydrogen-bond donors (Lipinski definition) is 3. The lowest BCUT2D eigenvalue weighted by Crippen LogP contribution is -2.70. The van der Waals surface area contributed by atoms with E-state index < -0.39 is 22.8 Å². The molecule has 0 unspecified atom stereocenters. The molecule has 7 nitrogen and oxygen atoms in total. The summed E-state index contributed by atoms with van der Waals surface area (Å²) in [5.41, 5.74) is 7.02. The Kier molecular flexibility index (Phi) is 3.95. The van der Waals surface area contributed by atoms with Crippen LogP contribution in [0.2, 0.25) is 0 Å². The third-order valence-electron chi connectivity index (χ3n) is 4.34. The molecule has 1 aromatic carbocycles. The maximum absolute atomic E-state index is 12.3. The van der Waals surface area contributed by atoms with Crippen LogP contribution in [0.1, 0.15) is 19.4 Å². The molecule has 2 saturated heterocycles. The van der Waals surface area contributed by atoms with Crippen molar-refractivity contribution in [2.45, 2.75) is 42.5 Å². The van der Waals surface area contributed by atoms with Gasteiger partial charge < -0.3 is 21.1 Å². The number of aliphatic carboxylic acids is 1. The Labute approximate surface area is 143 Å². The fraction of sp³-hybridized carbons (Fsp3) is 0.438. The number of rotatable bonds is 4. The first-order valence-electron chi connectivity index (χ1n) is 7.57. The number of hydrogen-bond acceptors (Lipinski definition) is 5. The summed E-state index contributed by atoms with van der Waals surface area (Å²) >= 11 is 1.41. The van der Waals surface area contributed by atoms with Gasteiger partial charge in [0.25, 0.3) is 0 Å². The van der Waals surface area contributed by atoms with Crippen molar-refractivity contribution in [3.05, 3.63) is 29.8 Å². The average molecular weight is 349 g/mol. The molecule has 0 aliphatic carbocycles. The van der Waals surface area contributed by atoms with E-state index in [4.69, 9.17) is 5.73 Å². The Morgan fingerprint density at radius 2 is 1.96 bits per heavy atom. The number of fused-ring (bicyclic) bond motifs is 1. The lowest BCUT2D eigenvalue weighted by atomic mass is 9.96. The first-order valence-corrected chi connectivity index (χ1v) is 8.45. The molecule has 2 fully saturated rings. The third kappa shape index (κ3) is 2.71. The van der Waals surface area contributed by atoms with Crippen LogP contribution in [0.5, 0.6) is 0 Å². The normalized spacial score (nSPS) is 27.3. The standard InChI is InChI=1S/C16H19N3O4S/c1-16(2)12(15(22)23)19-13(21)11(14(19)24-16)18-10(20)7-8-3-5-9(17)6-4-8/h3-6,11-12,14H,7,17H2,1-2H3,(H,18,20)(H,22,23)/t11-,12+,14-/m1/s1. The van der Waals surface area contributed by atoms with Gasteiger partial charge in [0.15, 0.2) is 0 Å². The van der Waals surface area contributed by atoms with Gasteiger partial charge in [0.05, 0.1) is 6.42 Å². The number of nitrogens with zero attached hydrogens (tertiary/aromatic N) is 1. The number of carbonyl (C=O) groups is 3. The number of nitrogens with one attached hydrogen (secondary N) is 1. The number of amides is 2. The largest absolute Gasteiger partial charge is 0.480 e. The zero-order valence-corrected chi connectivity index (χ0v) is 14.2. The zero-order valence-electron chi connectivity index (χ0n) is 13.4. The van der Waals surface area contributed by atoms with E-state index in [1.54, 1.807) is 38.1 Å². The van der Waals surface area contributed by atoms with Crippen molar-refractivity contribution in [3.8, 4) is 0 Å². The number of anilines is 1. The van der Waals surface area contributed by atoms with Gasteiger partial charge in [-0.25, -0.2) is 4.79 Å². The number of nitrogens with two attached hydrogens (primary N) is 1. The number of carboxylic acids is 1. The quantitative estimate of drug-likeness (QED) is 0.537. The number of nitrogen functional groups attached to an aromatic ring is 1. The second kappa shape index (κ2) is 5.70. The van der Waals surface area contributed by atoms with Crippen LogP contribution in [0.15, 0.2) is 24.3 Å². The van der Waals surface area contributed by atoms with Crippen molar-refractivity contribution < 1.29 is 19.5 Å². The summed E-state index contributed by atoms with van der Waals surface area (Å²) in [4.78, 5) is 37.3. The second-order valence-electron chi connectivity index (χ2n) is 6.56. The van der Waals surface area contributed by atoms with Crippen LogP contribution in [0, 0.1) is 0 Å². The van der Waals surface area contributed by atoms with E-state index >= 15 is 0 Å². The van der Waals surface area contributed by atoms with E-state index in [0.717, 1.165) is 5.56 Å². The highest BCUT2D eigenvalue weighted by Gasteiger charge is 2.64. The van der Waals surface area contributed by atoms with Crippen molar-refractivity contribution in [2.75, 3.05) is 5.73 Å². The molecule has 1 aromatic rings. The third-order valence-corrected chi connectivity index (χ3v) is 5.91. The summed E-state index contributed by atoms with van der Waals surface area (Å²) in [5, 5.41) is 11.8. The highest BCUT2D eigenvalue weighted by Crippen LogP contribution is 2.50. The topological polar surface area (TPSA) is 113 Å². The van der Waals surface area contributed by atoms with Crippen molar-refractivity contribution >= 4 is 35.2 Å². The number of thioether (sulfide) groups is 1. The number of carbonyl (C=O) groups excluding carboxylic acids is 2. The Hall–Kier alpha value is -2.22. The zero-order chi connectivity index (χ0) is 17.6. The van der Waals surface area contributed by atoms with Gasteiger partial charge in [-0.2, -0.15) is 0 Å². The van der Waals surface area contributed by atoms with E-state index in [-0.39, 0.29) is 23.6 Å². The van der Waals surface area contributed by atoms with Gasteiger partial charge in [-0.1, -0.05) is 12.1 Å². The van der Waals surface area contributed by atoms with Gasteiger partial charge in [0.2, 0.25) is 11.8 Å². The summed E-state index contributed by atoms with van der Waals surface area (Å²) < 4.78 is -0.595. The average Bonchev–Trinajstić information content (AvgIpc) is 2.76. The van der Waals surface area contributed by atoms with Crippen molar-refractivity contribution in [1.82, 2.24) is 10.2 Å². The maximum atomic E-state index is 12.3. The highest BCUT2D eigenvalue weighted by molar-refractivity contribution is 8.01. The van der Waals surface area contributed by atoms with Crippen LogP contribution in [0.25, 0.3) is 0 Å². The molecule has 0 saturated carbocycles. The summed E-state index contributed by atoms with van der Waals surface area (Å²) in [6.45, 7) is 3.60. The molecule has 3 atom stereocenters. The molecule has 2 aliphatic heterocycles. The highest BCUT2D eigenvalue weighted by atomic mass is 32.2. The summed E-state index contributed by atoms with van der Waals surface area (Å²) in [6.07, 6.45) is 0.146. The van der Waals surface area contributed by atoms with Crippen LogP contribution in [0.4, 0.5) is 5.69 Å². The predicted molar refractivity (Wildman–Crippen MR) is 90.2 cm³/mol. The Balaban J connectivity index is 1.65. The van der Waals surface area contributed by atoms with E-state index in [9.17, 15) is 19.5 Å². The maximum Gasteiger partial charge on any atom is 0.327 e. The van der Waals surface area contributed by atoms with Crippen molar-refractivity contribution in [1.29, 1.82) is 0 Å². The lowest BCUT2D eigenvalue weighted by molar-refractivity contribution is -0.161. The first-order chi connectivity index (χ1) is 11.2. The van der Waals surface area contributed by atoms with Gasteiger partial charge in [0.1, 0.15) is 17.5 Å². The minimum absolute atomic E-state index is 0.146. The Morgan fingerprint density at radius 3 is 2.54 bits per heavy atom. The van der Waals surface area contributed by atoms with Gasteiger partial charge in [-0.05, 0) is 31.5 Å². The Morgan fingerprint density at radius 1 is 1.33 bits per heavy atom. The van der Waals surface area contributed by atoms with Crippen molar-refractivity contribution in [2.24, 2.45) is 0 Å². The predicted octanol–water partition coefficient (Wildman–Crippen LogP) is 0.443. The van der Waals surface area contributed by atoms with E-state index in [1.165, 1.54) is 16.7 Å². The Bertz CT molecular complexity index is 704. The summed E-state index contributed by atoms with van der Waals surface area (Å²) in [5.74, 6) is -1.62.